The third-order valence-corrected chi connectivity index (χ3v) is 9.38. The lowest BCUT2D eigenvalue weighted by atomic mass is 9.94. The van der Waals surface area contributed by atoms with Gasteiger partial charge in [-0.25, -0.2) is 15.0 Å². The van der Waals surface area contributed by atoms with Gasteiger partial charge in [0.1, 0.15) is 22.3 Å². The Hall–Kier alpha value is -6.59. The van der Waals surface area contributed by atoms with Crippen molar-refractivity contribution < 1.29 is 8.83 Å². The van der Waals surface area contributed by atoms with E-state index in [-0.39, 0.29) is 0 Å². The molecule has 7 aromatic carbocycles. The van der Waals surface area contributed by atoms with Crippen LogP contribution in [0.2, 0.25) is 0 Å². The lowest BCUT2D eigenvalue weighted by Gasteiger charge is -2.12. The summed E-state index contributed by atoms with van der Waals surface area (Å²) in [5, 5.41) is 6.33. The Labute approximate surface area is 281 Å². The average molecular weight is 630 g/mol. The van der Waals surface area contributed by atoms with Gasteiger partial charge < -0.3 is 8.83 Å². The first kappa shape index (κ1) is 27.5. The first-order chi connectivity index (χ1) is 24.2. The molecule has 5 nitrogen and oxygen atoms in total. The molecule has 3 aromatic heterocycles. The molecule has 230 valence electrons. The van der Waals surface area contributed by atoms with E-state index in [9.17, 15) is 0 Å². The molecule has 0 atom stereocenters. The van der Waals surface area contributed by atoms with Gasteiger partial charge in [-0.15, -0.1) is 0 Å². The highest BCUT2D eigenvalue weighted by Gasteiger charge is 2.22. The maximum absolute atomic E-state index is 6.55. The zero-order valence-electron chi connectivity index (χ0n) is 26.5. The van der Waals surface area contributed by atoms with Crippen LogP contribution in [0.4, 0.5) is 0 Å². The van der Waals surface area contributed by atoms with Gasteiger partial charge in [-0.2, -0.15) is 0 Å². The summed E-state index contributed by atoms with van der Waals surface area (Å²) in [6.07, 6.45) is 0. The fourth-order valence-electron chi connectivity index (χ4n) is 7.15. The number of benzene rings is 7. The van der Waals surface area contributed by atoms with Gasteiger partial charge in [0.2, 0.25) is 0 Å². The van der Waals surface area contributed by atoms with Crippen molar-refractivity contribution in [2.75, 3.05) is 0 Å². The Balaban J connectivity index is 1.31. The molecule has 3 heterocycles. The highest BCUT2D eigenvalue weighted by molar-refractivity contribution is 6.15. The molecule has 0 aliphatic heterocycles. The smallest absolute Gasteiger partial charge is 0.164 e. The van der Waals surface area contributed by atoms with Gasteiger partial charge >= 0.3 is 0 Å². The molecule has 0 aliphatic carbocycles. The molecule has 0 N–H and O–H groups in total. The molecule has 5 heteroatoms. The Morgan fingerprint density at radius 1 is 0.388 bits per heavy atom. The topological polar surface area (TPSA) is 65.0 Å². The summed E-state index contributed by atoms with van der Waals surface area (Å²) in [6, 6.07) is 49.9. The van der Waals surface area contributed by atoms with Crippen molar-refractivity contribution in [3.05, 3.63) is 151 Å². The highest BCUT2D eigenvalue weighted by Crippen LogP contribution is 2.42. The molecule has 0 amide bonds. The van der Waals surface area contributed by atoms with Crippen molar-refractivity contribution >= 4 is 54.6 Å². The number of furan rings is 2. The molecule has 0 radical (unpaired) electrons. The normalized spacial score (nSPS) is 11.8. The number of nitrogens with zero attached hydrogens (tertiary/aromatic N) is 3. The summed E-state index contributed by atoms with van der Waals surface area (Å²) in [5.41, 5.74) is 9.18. The summed E-state index contributed by atoms with van der Waals surface area (Å²) < 4.78 is 12.8. The van der Waals surface area contributed by atoms with Crippen LogP contribution in [0.3, 0.4) is 0 Å². The van der Waals surface area contributed by atoms with Crippen molar-refractivity contribution in [1.82, 2.24) is 15.0 Å². The van der Waals surface area contributed by atoms with Gasteiger partial charge in [-0.3, -0.25) is 0 Å². The summed E-state index contributed by atoms with van der Waals surface area (Å²) in [5.74, 6) is 1.75. The second-order valence-corrected chi connectivity index (χ2v) is 12.5. The number of rotatable bonds is 4. The molecule has 0 fully saturated rings. The van der Waals surface area contributed by atoms with E-state index >= 15 is 0 Å². The van der Waals surface area contributed by atoms with Gasteiger partial charge in [0, 0.05) is 38.2 Å². The number of aromatic nitrogens is 3. The predicted molar refractivity (Wildman–Crippen MR) is 198 cm³/mol. The van der Waals surface area contributed by atoms with E-state index in [4.69, 9.17) is 23.8 Å². The molecule has 0 bridgehead atoms. The van der Waals surface area contributed by atoms with Crippen LogP contribution in [0.25, 0.3) is 99.9 Å². The van der Waals surface area contributed by atoms with Crippen LogP contribution < -0.4 is 0 Å². The van der Waals surface area contributed by atoms with Crippen LogP contribution in [0.5, 0.6) is 0 Å². The first-order valence-corrected chi connectivity index (χ1v) is 16.4. The van der Waals surface area contributed by atoms with E-state index in [1.54, 1.807) is 0 Å². The van der Waals surface area contributed by atoms with Gasteiger partial charge in [0.05, 0.1) is 0 Å². The van der Waals surface area contributed by atoms with Gasteiger partial charge in [0.25, 0.3) is 0 Å². The molecule has 0 saturated heterocycles. The van der Waals surface area contributed by atoms with E-state index in [1.165, 1.54) is 10.8 Å². The fraction of sp³-hybridized carbons (Fsp3) is 0.0227. The Bertz CT molecular complexity index is 2910. The minimum atomic E-state index is 0.574. The lowest BCUT2D eigenvalue weighted by Crippen LogP contribution is -2.01. The molecular formula is C44H27N3O2. The maximum Gasteiger partial charge on any atom is 0.164 e. The number of para-hydroxylation sites is 2. The Morgan fingerprint density at radius 2 is 0.959 bits per heavy atom. The monoisotopic (exact) mass is 629 g/mol. The third-order valence-electron chi connectivity index (χ3n) is 9.38. The number of hydrogen-bond acceptors (Lipinski definition) is 5. The quantitative estimate of drug-likeness (QED) is 0.194. The second-order valence-electron chi connectivity index (χ2n) is 12.5. The minimum absolute atomic E-state index is 0.574. The van der Waals surface area contributed by atoms with Crippen LogP contribution in [-0.2, 0) is 0 Å². The fourth-order valence-corrected chi connectivity index (χ4v) is 7.15. The summed E-state index contributed by atoms with van der Waals surface area (Å²) in [6.45, 7) is 2.08. The number of fused-ring (bicyclic) bond motifs is 7. The zero-order valence-corrected chi connectivity index (χ0v) is 26.5. The molecule has 10 rings (SSSR count). The van der Waals surface area contributed by atoms with Crippen molar-refractivity contribution in [1.29, 1.82) is 0 Å². The number of aryl methyl sites for hydroxylation is 1. The zero-order chi connectivity index (χ0) is 32.5. The molecule has 0 aliphatic rings. The van der Waals surface area contributed by atoms with E-state index in [0.717, 1.165) is 77.3 Å². The number of hydrogen-bond donors (Lipinski definition) is 0. The summed E-state index contributed by atoms with van der Waals surface area (Å²) in [4.78, 5) is 15.6. The summed E-state index contributed by atoms with van der Waals surface area (Å²) in [7, 11) is 0. The minimum Gasteiger partial charge on any atom is -0.456 e. The van der Waals surface area contributed by atoms with Crippen LogP contribution in [-0.4, -0.2) is 15.0 Å². The molecule has 0 spiro atoms. The van der Waals surface area contributed by atoms with Crippen LogP contribution in [0, 0.1) is 6.92 Å². The van der Waals surface area contributed by atoms with E-state index < -0.39 is 0 Å². The van der Waals surface area contributed by atoms with Crippen molar-refractivity contribution in [3.8, 4) is 45.3 Å². The summed E-state index contributed by atoms with van der Waals surface area (Å²) >= 11 is 0. The molecule has 49 heavy (non-hydrogen) atoms. The highest BCUT2D eigenvalue weighted by atomic mass is 16.3. The van der Waals surface area contributed by atoms with E-state index in [0.29, 0.717) is 17.5 Å². The first-order valence-electron chi connectivity index (χ1n) is 16.4. The van der Waals surface area contributed by atoms with Crippen LogP contribution in [0.1, 0.15) is 5.56 Å². The molecule has 0 unspecified atom stereocenters. The van der Waals surface area contributed by atoms with Crippen molar-refractivity contribution in [2.24, 2.45) is 0 Å². The predicted octanol–water partition coefficient (Wildman–Crippen LogP) is 11.8. The average Bonchev–Trinajstić information content (AvgIpc) is 3.72. The van der Waals surface area contributed by atoms with Crippen LogP contribution in [0.15, 0.2) is 154 Å². The van der Waals surface area contributed by atoms with Gasteiger partial charge in [0.15, 0.2) is 17.5 Å². The third kappa shape index (κ3) is 4.44. The second kappa shape index (κ2) is 10.7. The van der Waals surface area contributed by atoms with E-state index in [1.807, 2.05) is 54.6 Å². The van der Waals surface area contributed by atoms with Crippen LogP contribution >= 0.6 is 0 Å². The van der Waals surface area contributed by atoms with Gasteiger partial charge in [-0.05, 0) is 65.2 Å². The van der Waals surface area contributed by atoms with E-state index in [2.05, 4.69) is 97.9 Å². The standard InChI is InChI=1S/C44H27N3O2/c1-26-11-8-14-28(23-26)42-45-43(34-19-10-22-38-40(34)32-16-4-6-20-36(32)48-38)47-44(46-42)35-24-29(31-18-9-13-27-12-2-3-15-30(27)31)25-39-41(35)33-17-5-7-21-37(33)49-39/h2-25H,1H3. The maximum atomic E-state index is 6.55. The molecule has 10 aromatic rings. The Morgan fingerprint density at radius 3 is 1.76 bits per heavy atom. The van der Waals surface area contributed by atoms with Crippen molar-refractivity contribution in [3.63, 3.8) is 0 Å². The SMILES string of the molecule is Cc1cccc(-c2nc(-c3cccc4oc5ccccc5c34)nc(-c3cc(-c4cccc5ccccc45)cc4oc5ccccc5c34)n2)c1. The van der Waals surface area contributed by atoms with Crippen molar-refractivity contribution in [2.45, 2.75) is 6.92 Å². The largest absolute Gasteiger partial charge is 0.456 e. The Kier molecular flexibility index (Phi) is 6.02. The van der Waals surface area contributed by atoms with Gasteiger partial charge in [-0.1, -0.05) is 115 Å². The lowest BCUT2D eigenvalue weighted by molar-refractivity contribution is 0.668. The molecule has 0 saturated carbocycles. The molecular weight excluding hydrogens is 603 g/mol.